The Hall–Kier alpha value is -1.86. The molecule has 1 rings (SSSR count). The van der Waals surface area contributed by atoms with Gasteiger partial charge in [-0.25, -0.2) is 4.39 Å². The molecule has 1 atom stereocenters. The molecule has 0 fully saturated rings. The van der Waals surface area contributed by atoms with Crippen LogP contribution in [0.3, 0.4) is 0 Å². The minimum absolute atomic E-state index is 0.00991. The minimum atomic E-state index is -0.566. The summed E-state index contributed by atoms with van der Waals surface area (Å²) >= 11 is 0. The highest BCUT2D eigenvalue weighted by Gasteiger charge is 2.15. The Morgan fingerprint density at radius 1 is 1.45 bits per heavy atom. The van der Waals surface area contributed by atoms with E-state index in [9.17, 15) is 9.18 Å². The number of carbonyl (C=O) groups excluding carboxylic acids is 1. The predicted molar refractivity (Wildman–Crippen MR) is 76.8 cm³/mol. The fourth-order valence-corrected chi connectivity index (χ4v) is 1.91. The van der Waals surface area contributed by atoms with E-state index < -0.39 is 11.7 Å². The Labute approximate surface area is 119 Å². The number of carbonyl (C=O) groups is 1. The maximum Gasteiger partial charge on any atom is 0.254 e. The monoisotopic (exact) mass is 277 g/mol. The summed E-state index contributed by atoms with van der Waals surface area (Å²) in [6, 6.07) is 4.17. The van der Waals surface area contributed by atoms with Crippen molar-refractivity contribution in [3.63, 3.8) is 0 Å². The second-order valence-corrected chi connectivity index (χ2v) is 4.52. The van der Waals surface area contributed by atoms with Crippen molar-refractivity contribution >= 4 is 5.91 Å². The third-order valence-electron chi connectivity index (χ3n) is 2.99. The normalized spacial score (nSPS) is 11.4. The van der Waals surface area contributed by atoms with Gasteiger partial charge in [-0.3, -0.25) is 4.79 Å². The summed E-state index contributed by atoms with van der Waals surface area (Å²) in [5.41, 5.74) is 0.499. The standard InChI is InChI=1S/C16H20FNO2/c1-3-6-13(4-2)18-16(20)14-11-12(7-5-10-19)8-9-15(14)17/h8-9,11,13,19H,3-4,6,10H2,1-2H3,(H,18,20). The Morgan fingerprint density at radius 3 is 2.80 bits per heavy atom. The van der Waals surface area contributed by atoms with Gasteiger partial charge < -0.3 is 10.4 Å². The van der Waals surface area contributed by atoms with Gasteiger partial charge in [0.2, 0.25) is 0 Å². The molecule has 3 nitrogen and oxygen atoms in total. The third-order valence-corrected chi connectivity index (χ3v) is 2.99. The Balaban J connectivity index is 2.91. The SMILES string of the molecule is CCCC(CC)NC(=O)c1cc(C#CCO)ccc1F. The smallest absolute Gasteiger partial charge is 0.254 e. The summed E-state index contributed by atoms with van der Waals surface area (Å²) in [4.78, 5) is 12.1. The van der Waals surface area contributed by atoms with E-state index in [1.165, 1.54) is 18.2 Å². The van der Waals surface area contributed by atoms with E-state index in [1.807, 2.05) is 13.8 Å². The molecule has 1 unspecified atom stereocenters. The van der Waals surface area contributed by atoms with Gasteiger partial charge in [0, 0.05) is 11.6 Å². The molecule has 0 aromatic heterocycles. The fraction of sp³-hybridized carbons (Fsp3) is 0.438. The molecular weight excluding hydrogens is 257 g/mol. The first-order chi connectivity index (χ1) is 9.62. The molecule has 0 saturated carbocycles. The largest absolute Gasteiger partial charge is 0.384 e. The Kier molecular flexibility index (Phi) is 6.75. The number of aliphatic hydroxyl groups is 1. The quantitative estimate of drug-likeness (QED) is 0.812. The maximum atomic E-state index is 13.7. The van der Waals surface area contributed by atoms with Crippen molar-refractivity contribution in [2.75, 3.05) is 6.61 Å². The van der Waals surface area contributed by atoms with Gasteiger partial charge in [0.1, 0.15) is 12.4 Å². The number of hydrogen-bond donors (Lipinski definition) is 2. The van der Waals surface area contributed by atoms with E-state index in [4.69, 9.17) is 5.11 Å². The van der Waals surface area contributed by atoms with Gasteiger partial charge in [-0.15, -0.1) is 0 Å². The van der Waals surface area contributed by atoms with Gasteiger partial charge in [0.05, 0.1) is 5.56 Å². The lowest BCUT2D eigenvalue weighted by Gasteiger charge is -2.16. The van der Waals surface area contributed by atoms with Crippen LogP contribution >= 0.6 is 0 Å². The van der Waals surface area contributed by atoms with Gasteiger partial charge in [-0.05, 0) is 31.0 Å². The lowest BCUT2D eigenvalue weighted by atomic mass is 10.1. The maximum absolute atomic E-state index is 13.7. The van der Waals surface area contributed by atoms with Gasteiger partial charge in [0.15, 0.2) is 0 Å². The second kappa shape index (κ2) is 8.34. The van der Waals surface area contributed by atoms with Crippen molar-refractivity contribution in [3.8, 4) is 11.8 Å². The molecule has 20 heavy (non-hydrogen) atoms. The van der Waals surface area contributed by atoms with Crippen molar-refractivity contribution in [1.29, 1.82) is 0 Å². The van der Waals surface area contributed by atoms with Crippen molar-refractivity contribution in [2.24, 2.45) is 0 Å². The number of aliphatic hydroxyl groups excluding tert-OH is 1. The number of rotatable bonds is 5. The molecule has 2 N–H and O–H groups in total. The molecule has 1 aromatic rings. The number of nitrogens with one attached hydrogen (secondary N) is 1. The molecule has 1 amide bonds. The van der Waals surface area contributed by atoms with Crippen LogP contribution in [0, 0.1) is 17.7 Å². The van der Waals surface area contributed by atoms with Crippen LogP contribution in [-0.2, 0) is 0 Å². The van der Waals surface area contributed by atoms with E-state index >= 15 is 0 Å². The van der Waals surface area contributed by atoms with Gasteiger partial charge in [-0.2, -0.15) is 0 Å². The fourth-order valence-electron chi connectivity index (χ4n) is 1.91. The zero-order valence-corrected chi connectivity index (χ0v) is 11.9. The molecule has 0 aliphatic rings. The highest BCUT2D eigenvalue weighted by Crippen LogP contribution is 2.11. The molecule has 108 valence electrons. The number of hydrogen-bond acceptors (Lipinski definition) is 2. The first-order valence-electron chi connectivity index (χ1n) is 6.82. The summed E-state index contributed by atoms with van der Waals surface area (Å²) in [5, 5.41) is 11.5. The Morgan fingerprint density at radius 2 is 2.20 bits per heavy atom. The van der Waals surface area contributed by atoms with Gasteiger partial charge in [0.25, 0.3) is 5.91 Å². The van der Waals surface area contributed by atoms with Crippen LogP contribution in [0.25, 0.3) is 0 Å². The van der Waals surface area contributed by atoms with Crippen molar-refractivity contribution in [3.05, 3.63) is 35.1 Å². The van der Waals surface area contributed by atoms with Crippen LogP contribution in [0.1, 0.15) is 49.0 Å². The molecule has 0 radical (unpaired) electrons. The number of benzene rings is 1. The zero-order chi connectivity index (χ0) is 15.0. The van der Waals surface area contributed by atoms with Crippen molar-refractivity contribution < 1.29 is 14.3 Å². The van der Waals surface area contributed by atoms with E-state index in [1.54, 1.807) is 0 Å². The van der Waals surface area contributed by atoms with Gasteiger partial charge in [-0.1, -0.05) is 32.1 Å². The minimum Gasteiger partial charge on any atom is -0.384 e. The van der Waals surface area contributed by atoms with E-state index in [-0.39, 0.29) is 18.2 Å². The summed E-state index contributed by atoms with van der Waals surface area (Å²) in [7, 11) is 0. The first kappa shape index (κ1) is 16.2. The summed E-state index contributed by atoms with van der Waals surface area (Å²) in [6.07, 6.45) is 2.64. The zero-order valence-electron chi connectivity index (χ0n) is 11.9. The van der Waals surface area contributed by atoms with Crippen LogP contribution in [0.5, 0.6) is 0 Å². The number of amides is 1. The van der Waals surface area contributed by atoms with Crippen LogP contribution < -0.4 is 5.32 Å². The van der Waals surface area contributed by atoms with E-state index in [0.29, 0.717) is 5.56 Å². The average Bonchev–Trinajstić information content (AvgIpc) is 2.45. The molecule has 0 aliphatic heterocycles. The summed E-state index contributed by atoms with van der Waals surface area (Å²) in [5.74, 6) is 4.15. The summed E-state index contributed by atoms with van der Waals surface area (Å²) < 4.78 is 13.7. The lowest BCUT2D eigenvalue weighted by molar-refractivity contribution is 0.0929. The average molecular weight is 277 g/mol. The molecule has 0 bridgehead atoms. The highest BCUT2D eigenvalue weighted by atomic mass is 19.1. The van der Waals surface area contributed by atoms with Crippen molar-refractivity contribution in [2.45, 2.75) is 39.2 Å². The van der Waals surface area contributed by atoms with Crippen LogP contribution in [0.15, 0.2) is 18.2 Å². The van der Waals surface area contributed by atoms with Gasteiger partial charge >= 0.3 is 0 Å². The van der Waals surface area contributed by atoms with Crippen LogP contribution in [0.2, 0.25) is 0 Å². The van der Waals surface area contributed by atoms with Crippen molar-refractivity contribution in [1.82, 2.24) is 5.32 Å². The Bertz CT molecular complexity index is 517. The van der Waals surface area contributed by atoms with Crippen LogP contribution in [-0.4, -0.2) is 23.7 Å². The van der Waals surface area contributed by atoms with E-state index in [2.05, 4.69) is 17.2 Å². The second-order valence-electron chi connectivity index (χ2n) is 4.52. The number of halogens is 1. The topological polar surface area (TPSA) is 49.3 Å². The molecule has 0 spiro atoms. The first-order valence-corrected chi connectivity index (χ1v) is 6.82. The lowest BCUT2D eigenvalue weighted by Crippen LogP contribution is -2.34. The summed E-state index contributed by atoms with van der Waals surface area (Å²) in [6.45, 7) is 3.76. The molecule has 1 aromatic carbocycles. The molecule has 0 aliphatic carbocycles. The highest BCUT2D eigenvalue weighted by molar-refractivity contribution is 5.95. The molecule has 0 heterocycles. The molecule has 0 saturated heterocycles. The third kappa shape index (κ3) is 4.67. The van der Waals surface area contributed by atoms with E-state index in [0.717, 1.165) is 19.3 Å². The van der Waals surface area contributed by atoms with Crippen LogP contribution in [0.4, 0.5) is 4.39 Å². The molecular formula is C16H20FNO2. The predicted octanol–water partition coefficient (Wildman–Crippen LogP) is 2.48. The molecule has 4 heteroatoms.